The number of rotatable bonds is 6. The smallest absolute Gasteiger partial charge is 0.0945 e. The van der Waals surface area contributed by atoms with E-state index in [2.05, 4.69) is 54.0 Å². The molecule has 108 valence electrons. The van der Waals surface area contributed by atoms with Crippen molar-refractivity contribution in [1.82, 2.24) is 19.9 Å². The van der Waals surface area contributed by atoms with Gasteiger partial charge in [0.15, 0.2) is 0 Å². The average Bonchev–Trinajstić information content (AvgIpc) is 3.03. The molecule has 1 aromatic carbocycles. The fraction of sp³-hybridized carbons (Fsp3) is 0.250. The highest BCUT2D eigenvalue weighted by Crippen LogP contribution is 2.24. The summed E-state index contributed by atoms with van der Waals surface area (Å²) in [5.41, 5.74) is 2.30. The minimum absolute atomic E-state index is 0.838. The Morgan fingerprint density at radius 2 is 2.14 bits per heavy atom. The molecule has 0 aliphatic heterocycles. The van der Waals surface area contributed by atoms with Gasteiger partial charge in [0.05, 0.1) is 11.8 Å². The van der Waals surface area contributed by atoms with Crippen LogP contribution in [-0.4, -0.2) is 21.1 Å². The molecule has 0 unspecified atom stereocenters. The molecule has 0 aliphatic carbocycles. The third-order valence-electron chi connectivity index (χ3n) is 3.44. The molecule has 21 heavy (non-hydrogen) atoms. The Bertz CT molecular complexity index is 709. The van der Waals surface area contributed by atoms with Crippen LogP contribution in [0.1, 0.15) is 12.0 Å². The summed E-state index contributed by atoms with van der Waals surface area (Å²) in [4.78, 5) is 8.54. The van der Waals surface area contributed by atoms with Crippen molar-refractivity contribution in [3.8, 4) is 0 Å². The summed E-state index contributed by atoms with van der Waals surface area (Å²) in [6.07, 6.45) is 8.58. The number of fused-ring (bicyclic) bond motifs is 1. The Balaban J connectivity index is 1.57. The minimum Gasteiger partial charge on any atom is -0.337 e. The molecule has 1 N–H and O–H groups in total. The number of imidazole rings is 1. The zero-order chi connectivity index (χ0) is 14.5. The quantitative estimate of drug-likeness (QED) is 0.697. The molecule has 3 rings (SSSR count). The van der Waals surface area contributed by atoms with Crippen LogP contribution in [0.4, 0.5) is 0 Å². The first-order valence-electron chi connectivity index (χ1n) is 7.03. The van der Waals surface area contributed by atoms with Crippen molar-refractivity contribution in [2.24, 2.45) is 0 Å². The van der Waals surface area contributed by atoms with Crippen molar-refractivity contribution in [2.75, 3.05) is 6.54 Å². The molecule has 2 aromatic heterocycles. The van der Waals surface area contributed by atoms with Crippen molar-refractivity contribution < 1.29 is 0 Å². The van der Waals surface area contributed by atoms with Gasteiger partial charge in [0.1, 0.15) is 0 Å². The van der Waals surface area contributed by atoms with E-state index in [1.54, 1.807) is 0 Å². The summed E-state index contributed by atoms with van der Waals surface area (Å²) in [6.45, 7) is 2.81. The highest BCUT2D eigenvalue weighted by Gasteiger charge is 2.04. The van der Waals surface area contributed by atoms with Gasteiger partial charge in [-0.25, -0.2) is 4.98 Å². The molecule has 0 bridgehead atoms. The number of pyridine rings is 1. The average molecular weight is 345 g/mol. The van der Waals surface area contributed by atoms with E-state index in [0.717, 1.165) is 41.4 Å². The Kier molecular flexibility index (Phi) is 4.62. The third kappa shape index (κ3) is 3.49. The van der Waals surface area contributed by atoms with E-state index in [4.69, 9.17) is 0 Å². The van der Waals surface area contributed by atoms with E-state index in [-0.39, 0.29) is 0 Å². The van der Waals surface area contributed by atoms with Crippen molar-refractivity contribution >= 4 is 26.8 Å². The maximum Gasteiger partial charge on any atom is 0.0945 e. The van der Waals surface area contributed by atoms with Gasteiger partial charge in [-0.2, -0.15) is 0 Å². The van der Waals surface area contributed by atoms with Gasteiger partial charge in [-0.05, 0) is 30.7 Å². The number of nitrogens with zero attached hydrogens (tertiary/aromatic N) is 3. The summed E-state index contributed by atoms with van der Waals surface area (Å²) in [5.74, 6) is 0. The first-order chi connectivity index (χ1) is 10.3. The van der Waals surface area contributed by atoms with Gasteiger partial charge < -0.3 is 9.88 Å². The number of hydrogen-bond acceptors (Lipinski definition) is 3. The van der Waals surface area contributed by atoms with Crippen molar-refractivity contribution in [2.45, 2.75) is 19.5 Å². The van der Waals surface area contributed by atoms with E-state index in [0.29, 0.717) is 0 Å². The van der Waals surface area contributed by atoms with E-state index in [1.807, 2.05) is 31.0 Å². The summed E-state index contributed by atoms with van der Waals surface area (Å²) < 4.78 is 3.19. The van der Waals surface area contributed by atoms with Crippen LogP contribution in [0.2, 0.25) is 0 Å². The molecule has 0 saturated heterocycles. The number of benzene rings is 1. The topological polar surface area (TPSA) is 42.7 Å². The molecule has 4 nitrogen and oxygen atoms in total. The molecular weight excluding hydrogens is 328 g/mol. The minimum atomic E-state index is 0.838. The predicted octanol–water partition coefficient (Wildman–Crippen LogP) is 3.37. The maximum absolute atomic E-state index is 4.50. The molecule has 0 radical (unpaired) electrons. The largest absolute Gasteiger partial charge is 0.337 e. The first kappa shape index (κ1) is 14.2. The second kappa shape index (κ2) is 6.83. The Morgan fingerprint density at radius 3 is 3.00 bits per heavy atom. The molecule has 5 heteroatoms. The van der Waals surface area contributed by atoms with Crippen LogP contribution in [0, 0.1) is 0 Å². The summed E-state index contributed by atoms with van der Waals surface area (Å²) in [7, 11) is 0. The summed E-state index contributed by atoms with van der Waals surface area (Å²) in [6, 6.07) is 8.28. The third-order valence-corrected chi connectivity index (χ3v) is 4.14. The van der Waals surface area contributed by atoms with E-state index in [9.17, 15) is 0 Å². The van der Waals surface area contributed by atoms with Gasteiger partial charge >= 0.3 is 0 Å². The second-order valence-electron chi connectivity index (χ2n) is 4.94. The zero-order valence-electron chi connectivity index (χ0n) is 11.7. The van der Waals surface area contributed by atoms with Gasteiger partial charge in [-0.15, -0.1) is 0 Å². The monoisotopic (exact) mass is 344 g/mol. The van der Waals surface area contributed by atoms with Crippen LogP contribution in [0.15, 0.2) is 53.7 Å². The lowest BCUT2D eigenvalue weighted by Gasteiger charge is -2.09. The lowest BCUT2D eigenvalue weighted by atomic mass is 10.1. The molecule has 2 heterocycles. The van der Waals surface area contributed by atoms with Crippen LogP contribution < -0.4 is 5.32 Å². The van der Waals surface area contributed by atoms with Gasteiger partial charge in [0.25, 0.3) is 0 Å². The number of nitrogens with one attached hydrogen (secondary N) is 1. The van der Waals surface area contributed by atoms with Gasteiger partial charge in [-0.1, -0.05) is 28.1 Å². The SMILES string of the molecule is Brc1ccc(CNCCCn2ccnc2)c2ncccc12. The van der Waals surface area contributed by atoms with Crippen LogP contribution in [0.3, 0.4) is 0 Å². The van der Waals surface area contributed by atoms with Crippen LogP contribution in [0.5, 0.6) is 0 Å². The Morgan fingerprint density at radius 1 is 1.19 bits per heavy atom. The zero-order valence-corrected chi connectivity index (χ0v) is 13.3. The van der Waals surface area contributed by atoms with E-state index >= 15 is 0 Å². The standard InChI is InChI=1S/C16H17BrN4/c17-15-5-4-13(16-14(15)3-1-7-20-16)11-18-6-2-9-21-10-8-19-12-21/h1,3-5,7-8,10,12,18H,2,6,9,11H2. The second-order valence-corrected chi connectivity index (χ2v) is 5.79. The van der Waals surface area contributed by atoms with Crippen molar-refractivity contribution in [3.05, 3.63) is 59.2 Å². The van der Waals surface area contributed by atoms with Gasteiger partial charge in [0.2, 0.25) is 0 Å². The van der Waals surface area contributed by atoms with Gasteiger partial charge in [0, 0.05) is 41.5 Å². The number of aromatic nitrogens is 3. The lowest BCUT2D eigenvalue weighted by molar-refractivity contribution is 0.581. The van der Waals surface area contributed by atoms with Gasteiger partial charge in [-0.3, -0.25) is 4.98 Å². The molecule has 0 aliphatic rings. The fourth-order valence-electron chi connectivity index (χ4n) is 2.37. The summed E-state index contributed by atoms with van der Waals surface area (Å²) >= 11 is 3.58. The van der Waals surface area contributed by atoms with E-state index in [1.165, 1.54) is 5.56 Å². The summed E-state index contributed by atoms with van der Waals surface area (Å²) in [5, 5.41) is 4.65. The van der Waals surface area contributed by atoms with Crippen LogP contribution in [0.25, 0.3) is 10.9 Å². The number of halogens is 1. The van der Waals surface area contributed by atoms with Crippen molar-refractivity contribution in [1.29, 1.82) is 0 Å². The van der Waals surface area contributed by atoms with Crippen LogP contribution in [-0.2, 0) is 13.1 Å². The number of aryl methyl sites for hydroxylation is 1. The highest BCUT2D eigenvalue weighted by atomic mass is 79.9. The van der Waals surface area contributed by atoms with Crippen molar-refractivity contribution in [3.63, 3.8) is 0 Å². The normalized spacial score (nSPS) is 11.1. The Hall–Kier alpha value is -1.72. The molecule has 0 atom stereocenters. The Labute approximate surface area is 132 Å². The molecule has 0 amide bonds. The fourth-order valence-corrected chi connectivity index (χ4v) is 2.82. The highest BCUT2D eigenvalue weighted by molar-refractivity contribution is 9.10. The molecular formula is C16H17BrN4. The molecule has 3 aromatic rings. The maximum atomic E-state index is 4.50. The molecule has 0 saturated carbocycles. The van der Waals surface area contributed by atoms with E-state index < -0.39 is 0 Å². The predicted molar refractivity (Wildman–Crippen MR) is 88.0 cm³/mol. The lowest BCUT2D eigenvalue weighted by Crippen LogP contribution is -2.16. The first-order valence-corrected chi connectivity index (χ1v) is 7.82. The number of hydrogen-bond donors (Lipinski definition) is 1. The molecule has 0 fully saturated rings. The molecule has 0 spiro atoms. The van der Waals surface area contributed by atoms with Crippen LogP contribution >= 0.6 is 15.9 Å².